The van der Waals surface area contributed by atoms with Gasteiger partial charge in [0.05, 0.1) is 35.1 Å². The third-order valence-electron chi connectivity index (χ3n) is 7.58. The summed E-state index contributed by atoms with van der Waals surface area (Å²) in [5.41, 5.74) is 1.36. The number of carbonyl (C=O) groups is 3. The fourth-order valence-corrected chi connectivity index (χ4v) is 5.48. The van der Waals surface area contributed by atoms with Crippen LogP contribution in [0.15, 0.2) is 58.9 Å². The number of benzene rings is 1. The summed E-state index contributed by atoms with van der Waals surface area (Å²) in [6.07, 6.45) is 3.53. The van der Waals surface area contributed by atoms with Gasteiger partial charge in [-0.3, -0.25) is 14.4 Å². The fourth-order valence-electron chi connectivity index (χ4n) is 5.48. The number of aliphatic hydroxyl groups is 2. The number of Topliss-reactive ketones (excluding diaryl/α,β-unsaturated/α-hetero) is 1. The largest absolute Gasteiger partial charge is 0.458 e. The average Bonchev–Trinajstić information content (AvgIpc) is 3.27. The number of cyclic esters (lactones) is 1. The third-order valence-corrected chi connectivity index (χ3v) is 7.58. The summed E-state index contributed by atoms with van der Waals surface area (Å²) in [6, 6.07) is 8.73. The normalized spacial score (nSPS) is 20.4. The predicted molar refractivity (Wildman–Crippen MR) is 136 cm³/mol. The lowest BCUT2D eigenvalue weighted by Crippen LogP contribution is -2.44. The molecule has 38 heavy (non-hydrogen) atoms. The molecule has 3 aromatic rings. The molecule has 4 heterocycles. The molecule has 0 bridgehead atoms. The Kier molecular flexibility index (Phi) is 5.51. The van der Waals surface area contributed by atoms with Crippen molar-refractivity contribution in [1.82, 2.24) is 9.55 Å². The summed E-state index contributed by atoms with van der Waals surface area (Å²) < 4.78 is 6.66. The molecule has 0 radical (unpaired) electrons. The van der Waals surface area contributed by atoms with Gasteiger partial charge in [-0.25, -0.2) is 9.78 Å². The maximum atomic E-state index is 13.4. The highest BCUT2D eigenvalue weighted by Gasteiger charge is 2.45. The summed E-state index contributed by atoms with van der Waals surface area (Å²) in [7, 11) is 0. The van der Waals surface area contributed by atoms with Crippen LogP contribution in [0.5, 0.6) is 0 Å². The van der Waals surface area contributed by atoms with Crippen LogP contribution in [0.25, 0.3) is 22.3 Å². The van der Waals surface area contributed by atoms with Gasteiger partial charge in [-0.1, -0.05) is 31.2 Å². The molecule has 2 atom stereocenters. The second-order valence-corrected chi connectivity index (χ2v) is 9.83. The van der Waals surface area contributed by atoms with Crippen molar-refractivity contribution in [2.45, 2.75) is 51.0 Å². The minimum absolute atomic E-state index is 0.0561. The molecule has 0 saturated carbocycles. The van der Waals surface area contributed by atoms with Crippen molar-refractivity contribution in [3.8, 4) is 11.4 Å². The number of hydrogen-bond donors (Lipinski definition) is 2. The van der Waals surface area contributed by atoms with Crippen LogP contribution in [-0.2, 0) is 37.9 Å². The molecule has 9 heteroatoms. The van der Waals surface area contributed by atoms with Crippen LogP contribution in [0, 0.1) is 0 Å². The second kappa shape index (κ2) is 8.68. The van der Waals surface area contributed by atoms with Crippen LogP contribution in [0.4, 0.5) is 0 Å². The lowest BCUT2D eigenvalue weighted by Gasteiger charge is -2.31. The van der Waals surface area contributed by atoms with E-state index in [0.29, 0.717) is 27.9 Å². The molecule has 6 rings (SSSR count). The van der Waals surface area contributed by atoms with Gasteiger partial charge in [0.2, 0.25) is 0 Å². The van der Waals surface area contributed by atoms with E-state index in [9.17, 15) is 29.4 Å². The zero-order valence-corrected chi connectivity index (χ0v) is 20.6. The number of carbonyl (C=O) groups excluding carboxylic acids is 3. The summed E-state index contributed by atoms with van der Waals surface area (Å²) in [5, 5.41) is 22.7. The van der Waals surface area contributed by atoms with Gasteiger partial charge >= 0.3 is 5.97 Å². The number of aliphatic hydroxyl groups excluding tert-OH is 1. The Morgan fingerprint density at radius 3 is 2.82 bits per heavy atom. The summed E-state index contributed by atoms with van der Waals surface area (Å²) >= 11 is 0. The van der Waals surface area contributed by atoms with Gasteiger partial charge in [0, 0.05) is 34.9 Å². The Morgan fingerprint density at radius 1 is 1.24 bits per heavy atom. The number of nitrogens with zero attached hydrogens (tertiary/aromatic N) is 2. The molecule has 0 spiro atoms. The molecule has 0 amide bonds. The van der Waals surface area contributed by atoms with Gasteiger partial charge in [-0.15, -0.1) is 0 Å². The maximum Gasteiger partial charge on any atom is 0.343 e. The van der Waals surface area contributed by atoms with E-state index in [1.54, 1.807) is 47.9 Å². The summed E-state index contributed by atoms with van der Waals surface area (Å²) in [5.74, 6) is -1.27. The van der Waals surface area contributed by atoms with Crippen molar-refractivity contribution in [2.75, 3.05) is 0 Å². The van der Waals surface area contributed by atoms with Crippen LogP contribution in [-0.4, -0.2) is 37.3 Å². The van der Waals surface area contributed by atoms with E-state index < -0.39 is 17.7 Å². The molecular weight excluding hydrogens is 488 g/mol. The first-order valence-corrected chi connectivity index (χ1v) is 12.4. The first-order chi connectivity index (χ1) is 18.2. The Morgan fingerprint density at radius 2 is 2.05 bits per heavy atom. The van der Waals surface area contributed by atoms with Crippen LogP contribution in [0.2, 0.25) is 0 Å². The van der Waals surface area contributed by atoms with Crippen molar-refractivity contribution in [2.24, 2.45) is 0 Å². The van der Waals surface area contributed by atoms with E-state index in [4.69, 9.17) is 9.72 Å². The molecule has 3 aliphatic rings. The van der Waals surface area contributed by atoms with Crippen molar-refractivity contribution in [3.63, 3.8) is 0 Å². The lowest BCUT2D eigenvalue weighted by molar-refractivity contribution is -0.172. The minimum atomic E-state index is -1.90. The second-order valence-electron chi connectivity index (χ2n) is 9.83. The molecule has 2 aromatic heterocycles. The number of ketones is 2. The number of ether oxygens (including phenoxy) is 1. The minimum Gasteiger partial charge on any atom is -0.458 e. The molecular formula is C29H24N2O7. The maximum absolute atomic E-state index is 13.4. The number of fused-ring (bicyclic) bond motifs is 5. The smallest absolute Gasteiger partial charge is 0.343 e. The predicted octanol–water partition coefficient (Wildman–Crippen LogP) is 2.53. The molecule has 192 valence electrons. The number of aromatic nitrogens is 2. The molecule has 1 unspecified atom stereocenters. The number of esters is 1. The standard InChI is InChI=1S/C29H24N2O7/c1-2-29(37)21-11-23-26-16(13-31(23)27(35)20(21)14-38-28(29)36)10-19-18(7-4-8-22(19)30-26)25(34)12-24(33)15-5-3-6-17(32)9-15/h3-5,7-11,25,34,37H,2,6,12-14H2,1H3/t25?,29-/m0/s1. The van der Waals surface area contributed by atoms with Gasteiger partial charge in [-0.2, -0.15) is 0 Å². The highest BCUT2D eigenvalue weighted by Crippen LogP contribution is 2.39. The Hall–Kier alpha value is -4.21. The Labute approximate surface area is 216 Å². The first kappa shape index (κ1) is 24.1. The van der Waals surface area contributed by atoms with Crippen molar-refractivity contribution in [3.05, 3.63) is 86.7 Å². The van der Waals surface area contributed by atoms with E-state index in [2.05, 4.69) is 0 Å². The number of hydrogen-bond acceptors (Lipinski definition) is 8. The number of allylic oxidation sites excluding steroid dienone is 4. The van der Waals surface area contributed by atoms with E-state index in [1.165, 1.54) is 6.08 Å². The molecule has 0 fully saturated rings. The van der Waals surface area contributed by atoms with Crippen molar-refractivity contribution in [1.29, 1.82) is 0 Å². The van der Waals surface area contributed by atoms with Crippen molar-refractivity contribution < 1.29 is 29.3 Å². The summed E-state index contributed by atoms with van der Waals surface area (Å²) in [6.45, 7) is 1.67. The molecule has 9 nitrogen and oxygen atoms in total. The molecule has 0 saturated heterocycles. The van der Waals surface area contributed by atoms with Crippen LogP contribution < -0.4 is 5.56 Å². The topological polar surface area (TPSA) is 136 Å². The third kappa shape index (κ3) is 3.58. The van der Waals surface area contributed by atoms with Crippen molar-refractivity contribution >= 4 is 28.4 Å². The zero-order chi connectivity index (χ0) is 26.8. The van der Waals surface area contributed by atoms with Gasteiger partial charge in [0.1, 0.15) is 6.61 Å². The van der Waals surface area contributed by atoms with E-state index >= 15 is 0 Å². The van der Waals surface area contributed by atoms with E-state index in [-0.39, 0.29) is 66.2 Å². The van der Waals surface area contributed by atoms with E-state index in [1.807, 2.05) is 6.07 Å². The van der Waals surface area contributed by atoms with Gasteiger partial charge < -0.3 is 19.5 Å². The number of pyridine rings is 2. The average molecular weight is 513 g/mol. The first-order valence-electron chi connectivity index (χ1n) is 12.4. The van der Waals surface area contributed by atoms with Gasteiger partial charge in [0.25, 0.3) is 5.56 Å². The van der Waals surface area contributed by atoms with Gasteiger partial charge in [-0.05, 0) is 36.3 Å². The quantitative estimate of drug-likeness (QED) is 0.390. The fraction of sp³-hybridized carbons (Fsp3) is 0.276. The zero-order valence-electron chi connectivity index (χ0n) is 20.6. The molecule has 2 aliphatic heterocycles. The molecule has 2 N–H and O–H groups in total. The molecule has 1 aliphatic carbocycles. The monoisotopic (exact) mass is 512 g/mol. The van der Waals surface area contributed by atoms with Gasteiger partial charge in [0.15, 0.2) is 17.2 Å². The molecule has 1 aromatic carbocycles. The summed E-state index contributed by atoms with van der Waals surface area (Å²) in [4.78, 5) is 54.9. The van der Waals surface area contributed by atoms with Crippen LogP contribution in [0.3, 0.4) is 0 Å². The van der Waals surface area contributed by atoms with Crippen LogP contribution in [0.1, 0.15) is 54.5 Å². The number of rotatable bonds is 5. The highest BCUT2D eigenvalue weighted by atomic mass is 16.6. The van der Waals surface area contributed by atoms with Crippen LogP contribution >= 0.6 is 0 Å². The lowest BCUT2D eigenvalue weighted by atomic mass is 9.86. The Balaban J connectivity index is 1.41. The highest BCUT2D eigenvalue weighted by molar-refractivity contribution is 6.06. The Bertz CT molecular complexity index is 1700. The van der Waals surface area contributed by atoms with E-state index in [0.717, 1.165) is 5.56 Å². The SMILES string of the molecule is CC[C@@]1(O)C(=O)OCc2c1cc1n(c2=O)Cc2cc3c(C(O)CC(=O)C4=CC(=O)CC=C4)cccc3nc2-1.